The fourth-order valence-corrected chi connectivity index (χ4v) is 0.661. The Kier molecular flexibility index (Phi) is 4.63. The Morgan fingerprint density at radius 2 is 2.30 bits per heavy atom. The van der Waals surface area contributed by atoms with E-state index in [9.17, 15) is 4.79 Å². The van der Waals surface area contributed by atoms with Gasteiger partial charge in [0.1, 0.15) is 0 Å². The van der Waals surface area contributed by atoms with Crippen LogP contribution >= 0.6 is 0 Å². The molecule has 0 N–H and O–H groups in total. The van der Waals surface area contributed by atoms with Gasteiger partial charge in [0.25, 0.3) is 0 Å². The van der Waals surface area contributed by atoms with Crippen molar-refractivity contribution in [1.82, 2.24) is 4.90 Å². The summed E-state index contributed by atoms with van der Waals surface area (Å²) < 4.78 is 0. The van der Waals surface area contributed by atoms with E-state index in [1.54, 1.807) is 11.9 Å². The minimum Gasteiger partial charge on any atom is -0.342 e. The van der Waals surface area contributed by atoms with Gasteiger partial charge in [-0.15, -0.1) is 0 Å². The molecule has 0 saturated heterocycles. The van der Waals surface area contributed by atoms with Gasteiger partial charge in [-0.05, 0) is 12.5 Å². The number of amides is 1. The fourth-order valence-electron chi connectivity index (χ4n) is 0.661. The van der Waals surface area contributed by atoms with Gasteiger partial charge >= 0.3 is 0 Å². The third-order valence-corrected chi connectivity index (χ3v) is 1.40. The van der Waals surface area contributed by atoms with Crippen molar-refractivity contribution in [2.24, 2.45) is 0 Å². The molecule has 0 heterocycles. The molecular formula is C8H15NO. The van der Waals surface area contributed by atoms with Crippen LogP contribution in [-0.4, -0.2) is 24.4 Å². The van der Waals surface area contributed by atoms with Gasteiger partial charge in [-0.1, -0.05) is 19.9 Å². The minimum absolute atomic E-state index is 0.00782. The molecule has 2 heteroatoms. The van der Waals surface area contributed by atoms with Crippen LogP contribution in [0.4, 0.5) is 0 Å². The monoisotopic (exact) mass is 141 g/mol. The van der Waals surface area contributed by atoms with Crippen molar-refractivity contribution in [2.75, 3.05) is 13.6 Å². The second-order valence-corrected chi connectivity index (χ2v) is 2.32. The van der Waals surface area contributed by atoms with Gasteiger partial charge in [-0.25, -0.2) is 0 Å². The van der Waals surface area contributed by atoms with Crippen LogP contribution in [0, 0.1) is 0 Å². The maximum absolute atomic E-state index is 10.8. The van der Waals surface area contributed by atoms with Gasteiger partial charge in [-0.2, -0.15) is 0 Å². The normalized spacial score (nSPS) is 9.00. The summed E-state index contributed by atoms with van der Waals surface area (Å²) in [4.78, 5) is 12.5. The van der Waals surface area contributed by atoms with Crippen molar-refractivity contribution in [1.29, 1.82) is 0 Å². The van der Waals surface area contributed by atoms with Gasteiger partial charge in [0, 0.05) is 13.6 Å². The van der Waals surface area contributed by atoms with E-state index in [1.807, 2.05) is 0 Å². The highest BCUT2D eigenvalue weighted by atomic mass is 16.2. The molecule has 0 aliphatic rings. The Morgan fingerprint density at radius 1 is 1.70 bits per heavy atom. The van der Waals surface area contributed by atoms with Gasteiger partial charge < -0.3 is 4.90 Å². The zero-order valence-electron chi connectivity index (χ0n) is 6.76. The predicted molar refractivity (Wildman–Crippen MR) is 42.7 cm³/mol. The summed E-state index contributed by atoms with van der Waals surface area (Å²) in [5.41, 5.74) is 0. The number of nitrogens with zero attached hydrogens (tertiary/aromatic N) is 1. The molecule has 2 nitrogen and oxygen atoms in total. The van der Waals surface area contributed by atoms with E-state index in [-0.39, 0.29) is 5.91 Å². The molecule has 10 heavy (non-hydrogen) atoms. The molecule has 0 saturated carbocycles. The van der Waals surface area contributed by atoms with Crippen molar-refractivity contribution < 1.29 is 4.79 Å². The first-order chi connectivity index (χ1) is 4.72. The van der Waals surface area contributed by atoms with E-state index in [1.165, 1.54) is 6.08 Å². The second kappa shape index (κ2) is 5.03. The third-order valence-electron chi connectivity index (χ3n) is 1.40. The van der Waals surface area contributed by atoms with Gasteiger partial charge in [0.15, 0.2) is 0 Å². The van der Waals surface area contributed by atoms with Crippen molar-refractivity contribution in [3.63, 3.8) is 0 Å². The van der Waals surface area contributed by atoms with Crippen LogP contribution in [0.2, 0.25) is 0 Å². The molecule has 0 aliphatic heterocycles. The Bertz CT molecular complexity index is 120. The molecule has 0 aromatic rings. The smallest absolute Gasteiger partial charge is 0.245 e. The second-order valence-electron chi connectivity index (χ2n) is 2.32. The largest absolute Gasteiger partial charge is 0.342 e. The van der Waals surface area contributed by atoms with E-state index >= 15 is 0 Å². The summed E-state index contributed by atoms with van der Waals surface area (Å²) >= 11 is 0. The van der Waals surface area contributed by atoms with E-state index in [0.717, 1.165) is 19.4 Å². The zero-order chi connectivity index (χ0) is 7.98. The van der Waals surface area contributed by atoms with Crippen LogP contribution in [-0.2, 0) is 4.79 Å². The lowest BCUT2D eigenvalue weighted by atomic mass is 10.3. The lowest BCUT2D eigenvalue weighted by Crippen LogP contribution is -2.25. The quantitative estimate of drug-likeness (QED) is 0.542. The van der Waals surface area contributed by atoms with Gasteiger partial charge in [0.2, 0.25) is 5.91 Å². The molecule has 0 fully saturated rings. The summed E-state index contributed by atoms with van der Waals surface area (Å²) in [5.74, 6) is 0.00782. The fraction of sp³-hybridized carbons (Fsp3) is 0.625. The zero-order valence-corrected chi connectivity index (χ0v) is 6.76. The molecule has 0 spiro atoms. The molecule has 1 amide bonds. The summed E-state index contributed by atoms with van der Waals surface area (Å²) in [5, 5.41) is 0. The Labute approximate surface area is 62.5 Å². The first-order valence-electron chi connectivity index (χ1n) is 3.60. The van der Waals surface area contributed by atoms with Crippen molar-refractivity contribution in [2.45, 2.75) is 19.8 Å². The highest BCUT2D eigenvalue weighted by molar-refractivity contribution is 5.86. The van der Waals surface area contributed by atoms with Crippen molar-refractivity contribution >= 4 is 5.91 Å². The van der Waals surface area contributed by atoms with Crippen LogP contribution in [0.5, 0.6) is 0 Å². The molecule has 0 aliphatic carbocycles. The summed E-state index contributed by atoms with van der Waals surface area (Å²) in [6.07, 6.45) is 3.53. The molecule has 0 atom stereocenters. The third kappa shape index (κ3) is 3.28. The maximum Gasteiger partial charge on any atom is 0.245 e. The summed E-state index contributed by atoms with van der Waals surface area (Å²) in [7, 11) is 1.79. The lowest BCUT2D eigenvalue weighted by molar-refractivity contribution is -0.124. The van der Waals surface area contributed by atoms with Crippen LogP contribution in [0.3, 0.4) is 0 Å². The predicted octanol–water partition coefficient (Wildman–Crippen LogP) is 1.43. The first kappa shape index (κ1) is 9.21. The van der Waals surface area contributed by atoms with Crippen LogP contribution in [0.25, 0.3) is 0 Å². The topological polar surface area (TPSA) is 20.3 Å². The molecule has 0 bridgehead atoms. The number of unbranched alkanes of at least 4 members (excludes halogenated alkanes) is 1. The van der Waals surface area contributed by atoms with E-state index in [0.29, 0.717) is 0 Å². The average molecular weight is 141 g/mol. The lowest BCUT2D eigenvalue weighted by Gasteiger charge is -2.13. The van der Waals surface area contributed by atoms with Crippen molar-refractivity contribution in [3.8, 4) is 0 Å². The van der Waals surface area contributed by atoms with Gasteiger partial charge in [0.05, 0.1) is 0 Å². The van der Waals surface area contributed by atoms with E-state index in [4.69, 9.17) is 0 Å². The van der Waals surface area contributed by atoms with E-state index in [2.05, 4.69) is 13.5 Å². The van der Waals surface area contributed by atoms with Crippen LogP contribution in [0.15, 0.2) is 12.7 Å². The molecule has 58 valence electrons. The van der Waals surface area contributed by atoms with E-state index < -0.39 is 0 Å². The standard InChI is InChI=1S/C8H15NO/c1-4-6-7-9(3)8(10)5-2/h5H,2,4,6-7H2,1,3H3. The maximum atomic E-state index is 10.8. The highest BCUT2D eigenvalue weighted by Crippen LogP contribution is 1.91. The average Bonchev–Trinajstić information content (AvgIpc) is 1.98. The molecule has 0 unspecified atom stereocenters. The summed E-state index contributed by atoms with van der Waals surface area (Å²) in [6, 6.07) is 0. The Morgan fingerprint density at radius 3 is 2.70 bits per heavy atom. The van der Waals surface area contributed by atoms with Gasteiger partial charge in [-0.3, -0.25) is 4.79 Å². The SMILES string of the molecule is C=CC(=O)N(C)CCCC. The molecular weight excluding hydrogens is 126 g/mol. The minimum atomic E-state index is 0.00782. The number of likely N-dealkylation sites (N-methyl/N-ethyl adjacent to an activating group) is 1. The van der Waals surface area contributed by atoms with Crippen LogP contribution in [0.1, 0.15) is 19.8 Å². The number of hydrogen-bond acceptors (Lipinski definition) is 1. The molecule has 0 aromatic carbocycles. The molecule has 0 radical (unpaired) electrons. The van der Waals surface area contributed by atoms with Crippen molar-refractivity contribution in [3.05, 3.63) is 12.7 Å². The molecule has 0 rings (SSSR count). The number of carbonyl (C=O) groups excluding carboxylic acids is 1. The highest BCUT2D eigenvalue weighted by Gasteiger charge is 2.00. The number of carbonyl (C=O) groups is 1. The summed E-state index contributed by atoms with van der Waals surface area (Å²) in [6.45, 7) is 6.34. The van der Waals surface area contributed by atoms with Crippen LogP contribution < -0.4 is 0 Å². The Hall–Kier alpha value is -0.790. The first-order valence-corrected chi connectivity index (χ1v) is 3.60. The number of rotatable bonds is 4. The Balaban J connectivity index is 3.51. The number of hydrogen-bond donors (Lipinski definition) is 0. The molecule has 0 aromatic heterocycles.